The molecule has 1 aliphatic heterocycles. The Morgan fingerprint density at radius 2 is 1.67 bits per heavy atom. The lowest BCUT2D eigenvalue weighted by molar-refractivity contribution is -0.122. The number of carbonyl (C=O) groups excluding carboxylic acids is 3. The van der Waals surface area contributed by atoms with Crippen molar-refractivity contribution in [1.82, 2.24) is 5.32 Å². The SMILES string of the molecule is CC[C@H](C)c1ccc(N2C(=O)NC(=O)/C(=C/c3ccc(O)cc3)C2=O)cc1. The van der Waals surface area contributed by atoms with E-state index in [-0.39, 0.29) is 11.3 Å². The molecule has 1 saturated heterocycles. The van der Waals surface area contributed by atoms with E-state index in [1.54, 1.807) is 24.3 Å². The molecule has 2 N–H and O–H groups in total. The molecule has 1 atom stereocenters. The van der Waals surface area contributed by atoms with Crippen LogP contribution in [0.25, 0.3) is 6.08 Å². The Kier molecular flexibility index (Phi) is 5.07. The molecule has 1 heterocycles. The smallest absolute Gasteiger partial charge is 0.335 e. The summed E-state index contributed by atoms with van der Waals surface area (Å²) >= 11 is 0. The van der Waals surface area contributed by atoms with Gasteiger partial charge in [-0.25, -0.2) is 9.69 Å². The van der Waals surface area contributed by atoms with Crippen LogP contribution >= 0.6 is 0 Å². The Hall–Kier alpha value is -3.41. The molecule has 0 unspecified atom stereocenters. The van der Waals surface area contributed by atoms with Gasteiger partial charge in [-0.1, -0.05) is 38.1 Å². The summed E-state index contributed by atoms with van der Waals surface area (Å²) in [6, 6.07) is 12.4. The van der Waals surface area contributed by atoms with Gasteiger partial charge >= 0.3 is 6.03 Å². The fourth-order valence-electron chi connectivity index (χ4n) is 2.82. The quantitative estimate of drug-likeness (QED) is 0.641. The number of phenolic OH excluding ortho intramolecular Hbond substituents is 1. The van der Waals surface area contributed by atoms with Crippen LogP contribution in [0.15, 0.2) is 54.1 Å². The Bertz CT molecular complexity index is 914. The van der Waals surface area contributed by atoms with Crippen LogP contribution in [0.4, 0.5) is 10.5 Å². The average molecular weight is 364 g/mol. The molecule has 1 fully saturated rings. The zero-order valence-electron chi connectivity index (χ0n) is 15.1. The number of anilines is 1. The number of hydrogen-bond donors (Lipinski definition) is 2. The zero-order chi connectivity index (χ0) is 19.6. The van der Waals surface area contributed by atoms with E-state index in [1.165, 1.54) is 18.2 Å². The Labute approximate surface area is 157 Å². The van der Waals surface area contributed by atoms with E-state index in [2.05, 4.69) is 19.2 Å². The number of imide groups is 2. The van der Waals surface area contributed by atoms with E-state index in [1.807, 2.05) is 12.1 Å². The van der Waals surface area contributed by atoms with Gasteiger partial charge in [-0.05, 0) is 53.8 Å². The molecule has 3 rings (SSSR count). The van der Waals surface area contributed by atoms with Crippen molar-refractivity contribution >= 4 is 29.6 Å². The molecule has 0 aliphatic carbocycles. The average Bonchev–Trinajstić information content (AvgIpc) is 2.66. The molecule has 2 aromatic carbocycles. The summed E-state index contributed by atoms with van der Waals surface area (Å²) in [5.74, 6) is -0.982. The highest BCUT2D eigenvalue weighted by atomic mass is 16.3. The molecule has 0 spiro atoms. The number of amides is 4. The van der Waals surface area contributed by atoms with Crippen LogP contribution in [-0.4, -0.2) is 23.0 Å². The third kappa shape index (κ3) is 3.74. The second-order valence-electron chi connectivity index (χ2n) is 6.45. The summed E-state index contributed by atoms with van der Waals surface area (Å²) in [6.07, 6.45) is 2.38. The molecule has 0 radical (unpaired) electrons. The fraction of sp³-hybridized carbons (Fsp3) is 0.190. The number of rotatable bonds is 4. The van der Waals surface area contributed by atoms with Gasteiger partial charge in [0.1, 0.15) is 11.3 Å². The first-order valence-electron chi connectivity index (χ1n) is 8.71. The van der Waals surface area contributed by atoms with Crippen LogP contribution in [0.5, 0.6) is 5.75 Å². The van der Waals surface area contributed by atoms with E-state index < -0.39 is 17.8 Å². The number of nitrogens with zero attached hydrogens (tertiary/aromatic N) is 1. The molecule has 4 amide bonds. The predicted octanol–water partition coefficient (Wildman–Crippen LogP) is 3.57. The van der Waals surface area contributed by atoms with Gasteiger partial charge in [0.25, 0.3) is 11.8 Å². The molecule has 6 nitrogen and oxygen atoms in total. The van der Waals surface area contributed by atoms with Crippen LogP contribution < -0.4 is 10.2 Å². The largest absolute Gasteiger partial charge is 0.508 e. The van der Waals surface area contributed by atoms with Crippen molar-refractivity contribution in [3.05, 3.63) is 65.2 Å². The third-order valence-corrected chi connectivity index (χ3v) is 4.64. The molecule has 0 saturated carbocycles. The van der Waals surface area contributed by atoms with E-state index >= 15 is 0 Å². The van der Waals surface area contributed by atoms with Crippen molar-refractivity contribution in [2.45, 2.75) is 26.2 Å². The molecule has 138 valence electrons. The van der Waals surface area contributed by atoms with Gasteiger partial charge in [-0.15, -0.1) is 0 Å². The molecule has 27 heavy (non-hydrogen) atoms. The van der Waals surface area contributed by atoms with Crippen LogP contribution in [0.3, 0.4) is 0 Å². The Morgan fingerprint density at radius 1 is 1.04 bits per heavy atom. The summed E-state index contributed by atoms with van der Waals surface area (Å²) in [4.78, 5) is 38.2. The second kappa shape index (κ2) is 7.45. The van der Waals surface area contributed by atoms with Gasteiger partial charge in [-0.2, -0.15) is 0 Å². The lowest BCUT2D eigenvalue weighted by atomic mass is 9.98. The van der Waals surface area contributed by atoms with Crippen molar-refractivity contribution in [2.75, 3.05) is 4.90 Å². The second-order valence-corrected chi connectivity index (χ2v) is 6.45. The first kappa shape index (κ1) is 18.4. The number of benzene rings is 2. The number of aromatic hydroxyl groups is 1. The third-order valence-electron chi connectivity index (χ3n) is 4.64. The van der Waals surface area contributed by atoms with Gasteiger partial charge in [0, 0.05) is 0 Å². The number of hydrogen-bond acceptors (Lipinski definition) is 4. The van der Waals surface area contributed by atoms with Crippen molar-refractivity contribution in [3.8, 4) is 5.75 Å². The molecule has 2 aromatic rings. The first-order chi connectivity index (χ1) is 12.9. The van der Waals surface area contributed by atoms with Gasteiger partial charge in [0.15, 0.2) is 0 Å². The summed E-state index contributed by atoms with van der Waals surface area (Å²) in [5.41, 5.74) is 1.93. The minimum atomic E-state index is -0.774. The highest BCUT2D eigenvalue weighted by Gasteiger charge is 2.36. The van der Waals surface area contributed by atoms with Crippen LogP contribution in [0, 0.1) is 0 Å². The predicted molar refractivity (Wildman–Crippen MR) is 102 cm³/mol. The lowest BCUT2D eigenvalue weighted by Gasteiger charge is -2.26. The normalized spacial score (nSPS) is 17.2. The highest BCUT2D eigenvalue weighted by molar-refractivity contribution is 6.39. The molecule has 1 aliphatic rings. The van der Waals surface area contributed by atoms with Crippen molar-refractivity contribution in [1.29, 1.82) is 0 Å². The maximum absolute atomic E-state index is 12.8. The number of phenols is 1. The molecule has 6 heteroatoms. The molecular weight excluding hydrogens is 344 g/mol. The van der Waals surface area contributed by atoms with E-state index in [0.29, 0.717) is 17.2 Å². The van der Waals surface area contributed by atoms with E-state index in [9.17, 15) is 19.5 Å². The van der Waals surface area contributed by atoms with Gasteiger partial charge < -0.3 is 5.11 Å². The summed E-state index contributed by atoms with van der Waals surface area (Å²) < 4.78 is 0. The van der Waals surface area contributed by atoms with E-state index in [0.717, 1.165) is 16.9 Å². The van der Waals surface area contributed by atoms with E-state index in [4.69, 9.17) is 0 Å². The van der Waals surface area contributed by atoms with Crippen molar-refractivity contribution < 1.29 is 19.5 Å². The standard InChI is InChI=1S/C21H20N2O4/c1-3-13(2)15-6-8-16(9-7-15)23-20(26)18(19(25)22-21(23)27)12-14-4-10-17(24)11-5-14/h4-13,24H,3H2,1-2H3,(H,22,25,27)/b18-12-/t13-/m0/s1. The fourth-order valence-corrected chi connectivity index (χ4v) is 2.82. The maximum atomic E-state index is 12.8. The van der Waals surface area contributed by atoms with Gasteiger partial charge in [-0.3, -0.25) is 14.9 Å². The summed E-state index contributed by atoms with van der Waals surface area (Å²) in [5, 5.41) is 11.5. The van der Waals surface area contributed by atoms with Crippen molar-refractivity contribution in [2.24, 2.45) is 0 Å². The van der Waals surface area contributed by atoms with Gasteiger partial charge in [0.2, 0.25) is 0 Å². The number of urea groups is 1. The summed E-state index contributed by atoms with van der Waals surface area (Å²) in [7, 11) is 0. The molecule has 0 aromatic heterocycles. The lowest BCUT2D eigenvalue weighted by Crippen LogP contribution is -2.54. The van der Waals surface area contributed by atoms with Crippen LogP contribution in [-0.2, 0) is 9.59 Å². The number of nitrogens with one attached hydrogen (secondary N) is 1. The van der Waals surface area contributed by atoms with Crippen LogP contribution in [0.1, 0.15) is 37.3 Å². The maximum Gasteiger partial charge on any atom is 0.335 e. The number of carbonyl (C=O) groups is 3. The zero-order valence-corrected chi connectivity index (χ0v) is 15.1. The van der Waals surface area contributed by atoms with Crippen molar-refractivity contribution in [3.63, 3.8) is 0 Å². The molecular formula is C21H20N2O4. The van der Waals surface area contributed by atoms with Crippen LogP contribution in [0.2, 0.25) is 0 Å². The minimum Gasteiger partial charge on any atom is -0.508 e. The summed E-state index contributed by atoms with van der Waals surface area (Å²) in [6.45, 7) is 4.19. The first-order valence-corrected chi connectivity index (χ1v) is 8.71. The Balaban J connectivity index is 1.94. The minimum absolute atomic E-state index is 0.0785. The Morgan fingerprint density at radius 3 is 2.26 bits per heavy atom. The monoisotopic (exact) mass is 364 g/mol. The highest BCUT2D eigenvalue weighted by Crippen LogP contribution is 2.25. The number of barbiturate groups is 1. The molecule has 0 bridgehead atoms. The van der Waals surface area contributed by atoms with Gasteiger partial charge in [0.05, 0.1) is 5.69 Å². The topological polar surface area (TPSA) is 86.7 Å².